The third kappa shape index (κ3) is 4.83. The molecule has 0 aliphatic heterocycles. The quantitative estimate of drug-likeness (QED) is 0.228. The van der Waals surface area contributed by atoms with Crippen LogP contribution >= 0.6 is 0 Å². The van der Waals surface area contributed by atoms with Crippen LogP contribution in [0.5, 0.6) is 5.75 Å². The molecule has 2 heterocycles. The number of rotatable bonds is 4. The van der Waals surface area contributed by atoms with Crippen molar-refractivity contribution in [1.29, 1.82) is 0 Å². The van der Waals surface area contributed by atoms with Crippen LogP contribution in [0.3, 0.4) is 0 Å². The Morgan fingerprint density at radius 2 is 1.36 bits per heavy atom. The fourth-order valence-electron chi connectivity index (χ4n) is 6.13. The second-order valence-corrected chi connectivity index (χ2v) is 12.7. The first-order valence-electron chi connectivity index (χ1n) is 15.0. The average Bonchev–Trinajstić information content (AvgIpc) is 3.35. The number of phenolic OH excluding ortho intramolecular Hbond substituents is 1. The Bertz CT molecular complexity index is 2190. The molecule has 7 rings (SSSR count). The van der Waals surface area contributed by atoms with E-state index in [9.17, 15) is 5.11 Å². The first-order chi connectivity index (χ1) is 21.2. The van der Waals surface area contributed by atoms with Crippen LogP contribution in [0.25, 0.3) is 66.7 Å². The Morgan fingerprint density at radius 1 is 0.636 bits per heavy atom. The number of fused-ring (bicyclic) bond motifs is 2. The molecule has 0 radical (unpaired) electrons. The van der Waals surface area contributed by atoms with E-state index in [1.165, 1.54) is 5.56 Å². The van der Waals surface area contributed by atoms with E-state index in [0.29, 0.717) is 0 Å². The molecular formula is C40H35N3O. The van der Waals surface area contributed by atoms with Gasteiger partial charge < -0.3 is 9.67 Å². The lowest BCUT2D eigenvalue weighted by molar-refractivity contribution is 0.475. The van der Waals surface area contributed by atoms with E-state index in [1.807, 2.05) is 31.4 Å². The summed E-state index contributed by atoms with van der Waals surface area (Å²) in [5, 5.41) is 12.0. The molecule has 0 saturated carbocycles. The van der Waals surface area contributed by atoms with Gasteiger partial charge in [-0.3, -0.25) is 4.98 Å². The highest BCUT2D eigenvalue weighted by atomic mass is 16.3. The largest absolute Gasteiger partial charge is 0.507 e. The predicted molar refractivity (Wildman–Crippen MR) is 183 cm³/mol. The van der Waals surface area contributed by atoms with Gasteiger partial charge in [-0.05, 0) is 94.3 Å². The molecule has 1 N–H and O–H groups in total. The number of aromatic hydroxyl groups is 1. The Morgan fingerprint density at radius 3 is 2.11 bits per heavy atom. The summed E-state index contributed by atoms with van der Waals surface area (Å²) in [6, 6.07) is 38.0. The summed E-state index contributed by atoms with van der Waals surface area (Å²) in [5.41, 5.74) is 12.6. The summed E-state index contributed by atoms with van der Waals surface area (Å²) >= 11 is 0. The molecule has 0 bridgehead atoms. The van der Waals surface area contributed by atoms with Crippen molar-refractivity contribution in [2.45, 2.75) is 33.1 Å². The van der Waals surface area contributed by atoms with Gasteiger partial charge in [0.05, 0.1) is 22.1 Å². The second-order valence-electron chi connectivity index (χ2n) is 12.7. The van der Waals surface area contributed by atoms with Crippen molar-refractivity contribution in [1.82, 2.24) is 14.5 Å². The fourth-order valence-corrected chi connectivity index (χ4v) is 6.13. The van der Waals surface area contributed by atoms with Crippen molar-refractivity contribution in [3.8, 4) is 50.5 Å². The number of benzene rings is 5. The normalized spacial score (nSPS) is 11.8. The lowest BCUT2D eigenvalue weighted by Crippen LogP contribution is -2.11. The van der Waals surface area contributed by atoms with Gasteiger partial charge >= 0.3 is 0 Å². The third-order valence-electron chi connectivity index (χ3n) is 8.53. The molecule has 0 atom stereocenters. The Hall–Kier alpha value is -5.22. The van der Waals surface area contributed by atoms with Crippen LogP contribution in [0.2, 0.25) is 0 Å². The zero-order chi connectivity index (χ0) is 30.6. The number of hydrogen-bond donors (Lipinski definition) is 1. The smallest absolute Gasteiger partial charge is 0.144 e. The highest BCUT2D eigenvalue weighted by Gasteiger charge is 2.21. The first kappa shape index (κ1) is 27.6. The molecule has 44 heavy (non-hydrogen) atoms. The number of phenols is 1. The van der Waals surface area contributed by atoms with Gasteiger partial charge in [0, 0.05) is 29.8 Å². The Labute approximate surface area is 258 Å². The lowest BCUT2D eigenvalue weighted by atomic mass is 9.86. The molecular weight excluding hydrogens is 538 g/mol. The molecule has 0 aliphatic carbocycles. The van der Waals surface area contributed by atoms with Crippen LogP contribution < -0.4 is 0 Å². The predicted octanol–water partition coefficient (Wildman–Crippen LogP) is 10.1. The molecule has 0 saturated heterocycles. The molecule has 0 amide bonds. The SMILES string of the molecule is Cc1cc(-c2cccc(-c3cc(-c4ccccc4)cc4cccnc34)c2)c2nc(-c3cc(C(C)(C)C)ccc3O)n(C)c2c1. The standard InChI is InChI=1S/C40H35N3O/c1-25-19-32(38-35(20-25)43(5)39(42-38)34-24-31(40(2,3)4)16-17-36(34)44)27-13-9-14-28(21-27)33-23-30(26-11-7-6-8-12-26)22-29-15-10-18-41-37(29)33/h6-24,44H,1-5H3. The van der Waals surface area contributed by atoms with Crippen molar-refractivity contribution < 1.29 is 5.11 Å². The molecule has 0 unspecified atom stereocenters. The van der Waals surface area contributed by atoms with Gasteiger partial charge in [0.2, 0.25) is 0 Å². The molecule has 0 spiro atoms. The second kappa shape index (κ2) is 10.5. The van der Waals surface area contributed by atoms with Crippen molar-refractivity contribution in [3.63, 3.8) is 0 Å². The molecule has 4 heteroatoms. The maximum atomic E-state index is 10.9. The van der Waals surface area contributed by atoms with Crippen molar-refractivity contribution >= 4 is 21.9 Å². The van der Waals surface area contributed by atoms with Crippen LogP contribution in [0.1, 0.15) is 31.9 Å². The zero-order valence-corrected chi connectivity index (χ0v) is 25.8. The van der Waals surface area contributed by atoms with Gasteiger partial charge in [0.1, 0.15) is 11.6 Å². The van der Waals surface area contributed by atoms with E-state index in [1.54, 1.807) is 6.07 Å². The average molecular weight is 574 g/mol. The molecule has 0 fully saturated rings. The van der Waals surface area contributed by atoms with Gasteiger partial charge in [-0.1, -0.05) is 81.4 Å². The summed E-state index contributed by atoms with van der Waals surface area (Å²) in [5.74, 6) is 0.978. The number of pyridine rings is 1. The third-order valence-corrected chi connectivity index (χ3v) is 8.53. The van der Waals surface area contributed by atoms with E-state index >= 15 is 0 Å². The molecule has 2 aromatic heterocycles. The lowest BCUT2D eigenvalue weighted by Gasteiger charge is -2.20. The van der Waals surface area contributed by atoms with Gasteiger partial charge in [-0.25, -0.2) is 4.98 Å². The van der Waals surface area contributed by atoms with Crippen molar-refractivity contribution in [2.24, 2.45) is 7.05 Å². The van der Waals surface area contributed by atoms with Gasteiger partial charge in [-0.15, -0.1) is 0 Å². The van der Waals surface area contributed by atoms with E-state index in [2.05, 4.69) is 117 Å². The summed E-state index contributed by atoms with van der Waals surface area (Å²) in [6.07, 6.45) is 1.86. The number of aromatic nitrogens is 3. The number of aryl methyl sites for hydroxylation is 2. The number of hydrogen-bond acceptors (Lipinski definition) is 3. The topological polar surface area (TPSA) is 50.9 Å². The van der Waals surface area contributed by atoms with Gasteiger partial charge in [0.25, 0.3) is 0 Å². The van der Waals surface area contributed by atoms with E-state index in [4.69, 9.17) is 9.97 Å². The highest BCUT2D eigenvalue weighted by Crippen LogP contribution is 2.39. The van der Waals surface area contributed by atoms with E-state index < -0.39 is 0 Å². The minimum absolute atomic E-state index is 0.0495. The van der Waals surface area contributed by atoms with Gasteiger partial charge in [0.15, 0.2) is 0 Å². The summed E-state index contributed by atoms with van der Waals surface area (Å²) in [4.78, 5) is 9.98. The molecule has 4 nitrogen and oxygen atoms in total. The molecule has 0 aliphatic rings. The minimum Gasteiger partial charge on any atom is -0.507 e. The van der Waals surface area contributed by atoms with Crippen LogP contribution in [0.15, 0.2) is 115 Å². The van der Waals surface area contributed by atoms with E-state index in [-0.39, 0.29) is 11.2 Å². The zero-order valence-electron chi connectivity index (χ0n) is 25.8. The molecule has 216 valence electrons. The highest BCUT2D eigenvalue weighted by molar-refractivity contribution is 6.00. The van der Waals surface area contributed by atoms with Crippen LogP contribution in [0.4, 0.5) is 0 Å². The minimum atomic E-state index is -0.0495. The maximum Gasteiger partial charge on any atom is 0.144 e. The van der Waals surface area contributed by atoms with Crippen molar-refractivity contribution in [3.05, 3.63) is 127 Å². The monoisotopic (exact) mass is 573 g/mol. The fraction of sp³-hybridized carbons (Fsp3) is 0.150. The van der Waals surface area contributed by atoms with Crippen molar-refractivity contribution in [2.75, 3.05) is 0 Å². The maximum absolute atomic E-state index is 10.9. The number of imidazole rings is 1. The Balaban J connectivity index is 1.41. The molecule has 7 aromatic rings. The molecule has 5 aromatic carbocycles. The van der Waals surface area contributed by atoms with Crippen LogP contribution in [0, 0.1) is 6.92 Å². The van der Waals surface area contributed by atoms with Crippen LogP contribution in [-0.4, -0.2) is 19.6 Å². The summed E-state index contributed by atoms with van der Waals surface area (Å²) < 4.78 is 2.10. The van der Waals surface area contributed by atoms with Gasteiger partial charge in [-0.2, -0.15) is 0 Å². The first-order valence-corrected chi connectivity index (χ1v) is 15.0. The van der Waals surface area contributed by atoms with E-state index in [0.717, 1.165) is 72.3 Å². The Kier molecular flexibility index (Phi) is 6.58. The van der Waals surface area contributed by atoms with Crippen LogP contribution in [-0.2, 0) is 12.5 Å². The summed E-state index contributed by atoms with van der Waals surface area (Å²) in [6.45, 7) is 8.67. The summed E-state index contributed by atoms with van der Waals surface area (Å²) in [7, 11) is 2.03. The number of nitrogens with zero attached hydrogens (tertiary/aromatic N) is 3.